The zero-order chi connectivity index (χ0) is 34.6. The topological polar surface area (TPSA) is 122 Å². The van der Waals surface area contributed by atoms with Gasteiger partial charge in [0.2, 0.25) is 5.91 Å². The number of hydrogen-bond donors (Lipinski definition) is 3. The minimum Gasteiger partial charge on any atom is -0.378 e. The molecule has 0 atom stereocenters. The van der Waals surface area contributed by atoms with Gasteiger partial charge in [0.1, 0.15) is 5.69 Å². The zero-order valence-corrected chi connectivity index (χ0v) is 28.0. The molecular formula is C38H41N5O5. The Bertz CT molecular complexity index is 1930. The number of nitrogens with zero attached hydrogens (tertiary/aromatic N) is 2. The number of benzene rings is 3. The summed E-state index contributed by atoms with van der Waals surface area (Å²) in [7, 11) is 1.66. The van der Waals surface area contributed by atoms with Gasteiger partial charge in [-0.15, -0.1) is 0 Å². The lowest BCUT2D eigenvalue weighted by Gasteiger charge is -2.27. The van der Waals surface area contributed by atoms with Gasteiger partial charge >= 0.3 is 0 Å². The average Bonchev–Trinajstić information content (AvgIpc) is 3.08. The molecule has 0 saturated carbocycles. The van der Waals surface area contributed by atoms with Crippen LogP contribution in [0.2, 0.25) is 0 Å². The molecule has 1 fully saturated rings. The van der Waals surface area contributed by atoms with E-state index in [0.717, 1.165) is 28.3 Å². The number of carbonyl (C=O) groups is 3. The van der Waals surface area contributed by atoms with Crippen LogP contribution >= 0.6 is 0 Å². The standard InChI is InChI=1S/C38H41N5O5/c1-7-34(44)40-32-21-26(36(46)43-17-19-48-20-18-43)13-16-31(32)39-33-22-27(23-42(6)37(33)47)29-9-8-10-30(24(29)2)41-35(45)25-11-14-28(15-12-25)38(3,4)5/h7-16,21-23,39H,1,17-20H2,2-6H3,(H,40,44)(H,41,45). The number of carbonyl (C=O) groups excluding carboxylic acids is 3. The number of rotatable bonds is 8. The minimum atomic E-state index is -0.463. The third-order valence-electron chi connectivity index (χ3n) is 8.37. The smallest absolute Gasteiger partial charge is 0.274 e. The summed E-state index contributed by atoms with van der Waals surface area (Å²) in [5.41, 5.74) is 5.80. The Balaban J connectivity index is 1.44. The van der Waals surface area contributed by atoms with E-state index in [0.29, 0.717) is 54.5 Å². The molecular weight excluding hydrogens is 606 g/mol. The molecule has 0 spiro atoms. The number of aryl methyl sites for hydroxylation is 1. The number of morpholine rings is 1. The summed E-state index contributed by atoms with van der Waals surface area (Å²) in [4.78, 5) is 53.7. The van der Waals surface area contributed by atoms with Crippen LogP contribution in [0.4, 0.5) is 22.7 Å². The lowest BCUT2D eigenvalue weighted by atomic mass is 9.86. The number of amides is 3. The third-order valence-corrected chi connectivity index (χ3v) is 8.37. The molecule has 5 rings (SSSR count). The van der Waals surface area contributed by atoms with Crippen LogP contribution in [-0.2, 0) is 22.0 Å². The molecule has 10 nitrogen and oxygen atoms in total. The fourth-order valence-corrected chi connectivity index (χ4v) is 5.52. The summed E-state index contributed by atoms with van der Waals surface area (Å²) in [6.45, 7) is 13.7. The Morgan fingerprint density at radius 3 is 2.21 bits per heavy atom. The summed E-state index contributed by atoms with van der Waals surface area (Å²) in [5.74, 6) is -0.861. The molecule has 3 N–H and O–H groups in total. The van der Waals surface area contributed by atoms with Crippen LogP contribution < -0.4 is 21.5 Å². The van der Waals surface area contributed by atoms with Gasteiger partial charge in [-0.2, -0.15) is 0 Å². The van der Waals surface area contributed by atoms with Crippen molar-refractivity contribution in [3.05, 3.63) is 118 Å². The summed E-state index contributed by atoms with van der Waals surface area (Å²) in [6.07, 6.45) is 2.87. The highest BCUT2D eigenvalue weighted by molar-refractivity contribution is 6.05. The normalized spacial score (nSPS) is 13.1. The van der Waals surface area contributed by atoms with Gasteiger partial charge in [0.25, 0.3) is 17.4 Å². The van der Waals surface area contributed by atoms with Crippen LogP contribution in [0.1, 0.15) is 52.6 Å². The van der Waals surface area contributed by atoms with Gasteiger partial charge in [0.15, 0.2) is 0 Å². The fraction of sp³-hybridized carbons (Fsp3) is 0.263. The molecule has 248 valence electrons. The van der Waals surface area contributed by atoms with E-state index >= 15 is 0 Å². The molecule has 4 aromatic rings. The van der Waals surface area contributed by atoms with Crippen LogP contribution in [-0.4, -0.2) is 53.5 Å². The number of aromatic nitrogens is 1. The average molecular weight is 648 g/mol. The zero-order valence-electron chi connectivity index (χ0n) is 28.0. The van der Waals surface area contributed by atoms with Gasteiger partial charge < -0.3 is 30.2 Å². The molecule has 10 heteroatoms. The van der Waals surface area contributed by atoms with Crippen molar-refractivity contribution in [2.45, 2.75) is 33.1 Å². The molecule has 1 saturated heterocycles. The van der Waals surface area contributed by atoms with Gasteiger partial charge in [0.05, 0.1) is 24.6 Å². The molecule has 2 heterocycles. The molecule has 1 aromatic heterocycles. The van der Waals surface area contributed by atoms with E-state index in [9.17, 15) is 19.2 Å². The first kappa shape index (κ1) is 33.9. The molecule has 48 heavy (non-hydrogen) atoms. The van der Waals surface area contributed by atoms with Crippen molar-refractivity contribution in [3.63, 3.8) is 0 Å². The molecule has 3 aromatic carbocycles. The SMILES string of the molecule is C=CC(=O)Nc1cc(C(=O)N2CCOCC2)ccc1Nc1cc(-c2cccc(NC(=O)c3ccc(C(C)(C)C)cc3)c2C)cn(C)c1=O. The van der Waals surface area contributed by atoms with E-state index in [-0.39, 0.29) is 28.5 Å². The highest BCUT2D eigenvalue weighted by Gasteiger charge is 2.21. The maximum absolute atomic E-state index is 13.3. The first-order valence-corrected chi connectivity index (χ1v) is 15.8. The number of hydrogen-bond acceptors (Lipinski definition) is 6. The summed E-state index contributed by atoms with van der Waals surface area (Å²) >= 11 is 0. The van der Waals surface area contributed by atoms with Crippen molar-refractivity contribution in [1.82, 2.24) is 9.47 Å². The fourth-order valence-electron chi connectivity index (χ4n) is 5.52. The summed E-state index contributed by atoms with van der Waals surface area (Å²) < 4.78 is 6.83. The van der Waals surface area contributed by atoms with Crippen molar-refractivity contribution in [1.29, 1.82) is 0 Å². The largest absolute Gasteiger partial charge is 0.378 e. The Morgan fingerprint density at radius 1 is 0.854 bits per heavy atom. The van der Waals surface area contributed by atoms with Gasteiger partial charge in [-0.05, 0) is 77.6 Å². The third kappa shape index (κ3) is 7.56. The van der Waals surface area contributed by atoms with Crippen molar-refractivity contribution in [3.8, 4) is 11.1 Å². The van der Waals surface area contributed by atoms with E-state index in [1.54, 1.807) is 42.4 Å². The van der Waals surface area contributed by atoms with Gasteiger partial charge in [-0.25, -0.2) is 0 Å². The Hall–Kier alpha value is -5.48. The summed E-state index contributed by atoms with van der Waals surface area (Å²) in [5, 5.41) is 8.96. The van der Waals surface area contributed by atoms with E-state index in [1.165, 1.54) is 4.57 Å². The van der Waals surface area contributed by atoms with Gasteiger partial charge in [0, 0.05) is 48.7 Å². The molecule has 0 bridgehead atoms. The van der Waals surface area contributed by atoms with Crippen molar-refractivity contribution in [2.24, 2.45) is 7.05 Å². The highest BCUT2D eigenvalue weighted by Crippen LogP contribution is 2.32. The predicted molar refractivity (Wildman–Crippen MR) is 190 cm³/mol. The number of pyridine rings is 1. The van der Waals surface area contributed by atoms with Gasteiger partial charge in [-0.1, -0.05) is 51.6 Å². The number of ether oxygens (including phenoxy) is 1. The van der Waals surface area contributed by atoms with Crippen molar-refractivity contribution < 1.29 is 19.1 Å². The van der Waals surface area contributed by atoms with E-state index in [2.05, 4.69) is 43.3 Å². The monoisotopic (exact) mass is 647 g/mol. The Labute approximate surface area is 280 Å². The van der Waals surface area contributed by atoms with Crippen molar-refractivity contribution >= 4 is 40.5 Å². The van der Waals surface area contributed by atoms with Crippen LogP contribution in [0.3, 0.4) is 0 Å². The lowest BCUT2D eigenvalue weighted by Crippen LogP contribution is -2.40. The Morgan fingerprint density at radius 2 is 1.54 bits per heavy atom. The van der Waals surface area contributed by atoms with Crippen LogP contribution in [0.5, 0.6) is 0 Å². The van der Waals surface area contributed by atoms with Crippen LogP contribution in [0.25, 0.3) is 11.1 Å². The molecule has 1 aliphatic heterocycles. The quantitative estimate of drug-likeness (QED) is 0.195. The number of anilines is 4. The van der Waals surface area contributed by atoms with Crippen LogP contribution in [0.15, 0.2) is 90.4 Å². The second kappa shape index (κ2) is 14.1. The van der Waals surface area contributed by atoms with E-state index < -0.39 is 5.91 Å². The molecule has 0 aliphatic carbocycles. The first-order chi connectivity index (χ1) is 22.8. The van der Waals surface area contributed by atoms with E-state index in [4.69, 9.17) is 4.74 Å². The minimum absolute atomic E-state index is 0.0178. The lowest BCUT2D eigenvalue weighted by molar-refractivity contribution is -0.111. The summed E-state index contributed by atoms with van der Waals surface area (Å²) in [6, 6.07) is 19.9. The van der Waals surface area contributed by atoms with Gasteiger partial charge in [-0.3, -0.25) is 19.2 Å². The molecule has 1 aliphatic rings. The highest BCUT2D eigenvalue weighted by atomic mass is 16.5. The predicted octanol–water partition coefficient (Wildman–Crippen LogP) is 6.25. The maximum Gasteiger partial charge on any atom is 0.274 e. The number of nitrogens with one attached hydrogen (secondary N) is 3. The molecule has 0 radical (unpaired) electrons. The molecule has 3 amide bonds. The second-order valence-corrected chi connectivity index (χ2v) is 12.8. The second-order valence-electron chi connectivity index (χ2n) is 12.8. The van der Waals surface area contributed by atoms with Crippen molar-refractivity contribution in [2.75, 3.05) is 42.3 Å². The Kier molecular flexibility index (Phi) is 9.95. The first-order valence-electron chi connectivity index (χ1n) is 15.8. The van der Waals surface area contributed by atoms with E-state index in [1.807, 2.05) is 49.4 Å². The van der Waals surface area contributed by atoms with Crippen LogP contribution in [0, 0.1) is 6.92 Å². The molecule has 0 unspecified atom stereocenters. The maximum atomic E-state index is 13.3.